The molecule has 4 nitrogen and oxygen atoms in total. The van der Waals surface area contributed by atoms with Gasteiger partial charge in [0.2, 0.25) is 5.91 Å². The van der Waals surface area contributed by atoms with Crippen molar-refractivity contribution in [3.8, 4) is 0 Å². The third kappa shape index (κ3) is 3.48. The van der Waals surface area contributed by atoms with E-state index in [1.807, 2.05) is 18.2 Å². The van der Waals surface area contributed by atoms with Crippen LogP contribution in [0.25, 0.3) is 0 Å². The Morgan fingerprint density at radius 3 is 2.63 bits per heavy atom. The quantitative estimate of drug-likeness (QED) is 0.871. The molecule has 1 aliphatic carbocycles. The van der Waals surface area contributed by atoms with Gasteiger partial charge in [0.05, 0.1) is 6.54 Å². The highest BCUT2D eigenvalue weighted by Crippen LogP contribution is 2.32. The fourth-order valence-corrected chi connectivity index (χ4v) is 3.12. The Hall–Kier alpha value is -1.07. The van der Waals surface area contributed by atoms with Crippen LogP contribution in [0.5, 0.6) is 0 Å². The molecule has 1 fully saturated rings. The number of rotatable bonds is 5. The summed E-state index contributed by atoms with van der Waals surface area (Å²) in [5.74, 6) is -0.296. The zero-order valence-corrected chi connectivity index (χ0v) is 12.5. The molecule has 0 saturated heterocycles. The van der Waals surface area contributed by atoms with Crippen molar-refractivity contribution in [1.82, 2.24) is 0 Å². The van der Waals surface area contributed by atoms with E-state index in [-0.39, 0.29) is 12.5 Å². The number of nitrogens with two attached hydrogens (primary N) is 2. The zero-order chi connectivity index (χ0) is 13.8. The highest BCUT2D eigenvalue weighted by molar-refractivity contribution is 9.10. The Balaban J connectivity index is 2.35. The van der Waals surface area contributed by atoms with Crippen molar-refractivity contribution in [2.75, 3.05) is 11.4 Å². The maximum atomic E-state index is 11.4. The maximum Gasteiger partial charge on any atom is 0.236 e. The van der Waals surface area contributed by atoms with Crippen LogP contribution in [0.4, 0.5) is 5.69 Å². The van der Waals surface area contributed by atoms with Gasteiger partial charge in [-0.3, -0.25) is 4.79 Å². The topological polar surface area (TPSA) is 72.3 Å². The number of hydrogen-bond acceptors (Lipinski definition) is 3. The van der Waals surface area contributed by atoms with E-state index in [1.54, 1.807) is 0 Å². The molecule has 0 unspecified atom stereocenters. The lowest BCUT2D eigenvalue weighted by Gasteiger charge is -2.31. The zero-order valence-electron chi connectivity index (χ0n) is 10.9. The van der Waals surface area contributed by atoms with E-state index in [0.29, 0.717) is 12.6 Å². The molecule has 2 rings (SSSR count). The van der Waals surface area contributed by atoms with Crippen LogP contribution in [0.2, 0.25) is 0 Å². The molecule has 1 aromatic carbocycles. The van der Waals surface area contributed by atoms with Gasteiger partial charge < -0.3 is 16.4 Å². The summed E-state index contributed by atoms with van der Waals surface area (Å²) in [4.78, 5) is 13.5. The van der Waals surface area contributed by atoms with Gasteiger partial charge in [0.15, 0.2) is 0 Å². The number of anilines is 1. The molecule has 19 heavy (non-hydrogen) atoms. The van der Waals surface area contributed by atoms with Crippen molar-refractivity contribution in [1.29, 1.82) is 0 Å². The number of carbonyl (C=O) groups is 1. The van der Waals surface area contributed by atoms with Crippen LogP contribution >= 0.6 is 15.9 Å². The minimum absolute atomic E-state index is 0.258. The molecule has 0 aliphatic heterocycles. The van der Waals surface area contributed by atoms with E-state index in [9.17, 15) is 4.79 Å². The SMILES string of the molecule is NCc1ccc(Br)cc1N(CC(N)=O)C1CCCC1. The first kappa shape index (κ1) is 14.3. The Morgan fingerprint density at radius 1 is 1.37 bits per heavy atom. The van der Waals surface area contributed by atoms with Gasteiger partial charge in [0, 0.05) is 22.7 Å². The first-order chi connectivity index (χ1) is 9.11. The number of primary amides is 1. The summed E-state index contributed by atoms with van der Waals surface area (Å²) in [6, 6.07) is 6.40. The lowest BCUT2D eigenvalue weighted by atomic mass is 10.1. The molecule has 1 amide bonds. The van der Waals surface area contributed by atoms with Gasteiger partial charge in [-0.1, -0.05) is 34.8 Å². The van der Waals surface area contributed by atoms with Gasteiger partial charge in [-0.05, 0) is 30.5 Å². The number of nitrogens with zero attached hydrogens (tertiary/aromatic N) is 1. The normalized spacial score (nSPS) is 15.7. The summed E-state index contributed by atoms with van der Waals surface area (Å²) >= 11 is 3.48. The minimum Gasteiger partial charge on any atom is -0.368 e. The maximum absolute atomic E-state index is 11.4. The van der Waals surface area contributed by atoms with Gasteiger partial charge >= 0.3 is 0 Å². The Kier molecular flexibility index (Phi) is 4.82. The third-order valence-corrected chi connectivity index (χ3v) is 4.16. The largest absolute Gasteiger partial charge is 0.368 e. The van der Waals surface area contributed by atoms with Gasteiger partial charge in [0.25, 0.3) is 0 Å². The van der Waals surface area contributed by atoms with E-state index in [1.165, 1.54) is 12.8 Å². The van der Waals surface area contributed by atoms with E-state index in [2.05, 4.69) is 20.8 Å². The molecular weight excluding hydrogens is 306 g/mol. The fraction of sp³-hybridized carbons (Fsp3) is 0.500. The summed E-state index contributed by atoms with van der Waals surface area (Å²) in [5.41, 5.74) is 13.3. The Morgan fingerprint density at radius 2 is 2.05 bits per heavy atom. The second-order valence-electron chi connectivity index (χ2n) is 5.01. The molecule has 0 bridgehead atoms. The Labute approximate surface area is 122 Å². The Bertz CT molecular complexity index is 458. The standard InChI is InChI=1S/C14H20BrN3O/c15-11-6-5-10(8-16)13(7-11)18(9-14(17)19)12-3-1-2-4-12/h5-7,12H,1-4,8-9,16H2,(H2,17,19). The van der Waals surface area contributed by atoms with E-state index in [4.69, 9.17) is 11.5 Å². The summed E-state index contributed by atoms with van der Waals surface area (Å²) in [6.45, 7) is 0.721. The van der Waals surface area contributed by atoms with Crippen molar-refractivity contribution in [2.45, 2.75) is 38.3 Å². The highest BCUT2D eigenvalue weighted by Gasteiger charge is 2.25. The first-order valence-corrected chi connectivity index (χ1v) is 7.44. The lowest BCUT2D eigenvalue weighted by molar-refractivity contribution is -0.116. The molecule has 104 valence electrons. The molecule has 1 aromatic rings. The van der Waals surface area contributed by atoms with Crippen LogP contribution in [0.1, 0.15) is 31.2 Å². The van der Waals surface area contributed by atoms with Crippen LogP contribution in [-0.2, 0) is 11.3 Å². The number of halogens is 1. The van der Waals surface area contributed by atoms with Crippen LogP contribution in [0, 0.1) is 0 Å². The second kappa shape index (κ2) is 6.39. The average Bonchev–Trinajstić information content (AvgIpc) is 2.89. The lowest BCUT2D eigenvalue weighted by Crippen LogP contribution is -2.40. The van der Waals surface area contributed by atoms with Crippen molar-refractivity contribution in [3.05, 3.63) is 28.2 Å². The van der Waals surface area contributed by atoms with Gasteiger partial charge in [0.1, 0.15) is 0 Å². The molecule has 0 spiro atoms. The van der Waals surface area contributed by atoms with Crippen molar-refractivity contribution >= 4 is 27.5 Å². The van der Waals surface area contributed by atoms with Crippen molar-refractivity contribution < 1.29 is 4.79 Å². The van der Waals surface area contributed by atoms with E-state index in [0.717, 1.165) is 28.6 Å². The molecule has 0 radical (unpaired) electrons. The van der Waals surface area contributed by atoms with E-state index >= 15 is 0 Å². The van der Waals surface area contributed by atoms with E-state index < -0.39 is 0 Å². The fourth-order valence-electron chi connectivity index (χ4n) is 2.77. The molecule has 0 heterocycles. The second-order valence-corrected chi connectivity index (χ2v) is 5.93. The van der Waals surface area contributed by atoms with Crippen LogP contribution in [0.15, 0.2) is 22.7 Å². The molecular formula is C14H20BrN3O. The highest BCUT2D eigenvalue weighted by atomic mass is 79.9. The minimum atomic E-state index is -0.296. The summed E-state index contributed by atoms with van der Waals surface area (Å²) in [6.07, 6.45) is 4.66. The number of benzene rings is 1. The van der Waals surface area contributed by atoms with Gasteiger partial charge in [-0.2, -0.15) is 0 Å². The third-order valence-electron chi connectivity index (χ3n) is 3.67. The molecule has 1 saturated carbocycles. The first-order valence-electron chi connectivity index (χ1n) is 6.65. The molecule has 5 heteroatoms. The monoisotopic (exact) mass is 325 g/mol. The average molecular weight is 326 g/mol. The molecule has 1 aliphatic rings. The number of hydrogen-bond donors (Lipinski definition) is 2. The summed E-state index contributed by atoms with van der Waals surface area (Å²) in [5, 5.41) is 0. The number of carbonyl (C=O) groups excluding carboxylic acids is 1. The molecule has 0 atom stereocenters. The smallest absolute Gasteiger partial charge is 0.236 e. The van der Waals surface area contributed by atoms with Gasteiger partial charge in [-0.25, -0.2) is 0 Å². The van der Waals surface area contributed by atoms with Crippen molar-refractivity contribution in [2.24, 2.45) is 11.5 Å². The molecule has 4 N–H and O–H groups in total. The van der Waals surface area contributed by atoms with Crippen molar-refractivity contribution in [3.63, 3.8) is 0 Å². The van der Waals surface area contributed by atoms with Crippen LogP contribution in [-0.4, -0.2) is 18.5 Å². The van der Waals surface area contributed by atoms with Gasteiger partial charge in [-0.15, -0.1) is 0 Å². The van der Waals surface area contributed by atoms with Crippen LogP contribution in [0.3, 0.4) is 0 Å². The molecule has 0 aromatic heterocycles. The predicted octanol–water partition coefficient (Wildman–Crippen LogP) is 2.14. The predicted molar refractivity (Wildman–Crippen MR) is 80.8 cm³/mol. The number of amides is 1. The summed E-state index contributed by atoms with van der Waals surface area (Å²) in [7, 11) is 0. The van der Waals surface area contributed by atoms with Crippen LogP contribution < -0.4 is 16.4 Å². The summed E-state index contributed by atoms with van der Waals surface area (Å²) < 4.78 is 0.993.